The SMILES string of the molecule is O=C1NN=C[C@H]1C(=O)N/N=C\c1ccc(Br)s1. The largest absolute Gasteiger partial charge is 0.272 e. The van der Waals surface area contributed by atoms with Crippen LogP contribution >= 0.6 is 27.3 Å². The van der Waals surface area contributed by atoms with Crippen LogP contribution in [-0.4, -0.2) is 24.2 Å². The highest BCUT2D eigenvalue weighted by molar-refractivity contribution is 9.11. The van der Waals surface area contributed by atoms with Crippen molar-refractivity contribution < 1.29 is 9.59 Å². The van der Waals surface area contributed by atoms with Gasteiger partial charge in [0.25, 0.3) is 11.8 Å². The Bertz CT molecular complexity index is 511. The molecule has 8 heteroatoms. The molecule has 1 aromatic heterocycles. The lowest BCUT2D eigenvalue weighted by Crippen LogP contribution is -2.34. The summed E-state index contributed by atoms with van der Waals surface area (Å²) in [5.41, 5.74) is 4.46. The van der Waals surface area contributed by atoms with Crippen molar-refractivity contribution in [2.75, 3.05) is 0 Å². The number of hydrogen-bond donors (Lipinski definition) is 2. The quantitative estimate of drug-likeness (QED) is 0.489. The average molecular weight is 315 g/mol. The van der Waals surface area contributed by atoms with Gasteiger partial charge in [-0.2, -0.15) is 10.2 Å². The first-order valence-electron chi connectivity index (χ1n) is 4.58. The van der Waals surface area contributed by atoms with Crippen molar-refractivity contribution in [1.29, 1.82) is 0 Å². The molecule has 0 saturated heterocycles. The first-order chi connectivity index (χ1) is 8.16. The Morgan fingerprint density at radius 2 is 2.47 bits per heavy atom. The number of nitrogens with one attached hydrogen (secondary N) is 2. The maximum absolute atomic E-state index is 11.5. The molecule has 2 amide bonds. The third kappa shape index (κ3) is 2.98. The Hall–Kier alpha value is -1.54. The number of carbonyl (C=O) groups excluding carboxylic acids is 2. The molecule has 2 N–H and O–H groups in total. The van der Waals surface area contributed by atoms with E-state index in [4.69, 9.17) is 0 Å². The monoisotopic (exact) mass is 314 g/mol. The summed E-state index contributed by atoms with van der Waals surface area (Å²) >= 11 is 4.80. The fraction of sp³-hybridized carbons (Fsp3) is 0.111. The van der Waals surface area contributed by atoms with Crippen LogP contribution in [-0.2, 0) is 9.59 Å². The fourth-order valence-electron chi connectivity index (χ4n) is 1.13. The van der Waals surface area contributed by atoms with E-state index in [1.54, 1.807) is 0 Å². The maximum Gasteiger partial charge on any atom is 0.258 e. The summed E-state index contributed by atoms with van der Waals surface area (Å²) in [6.07, 6.45) is 2.76. The van der Waals surface area contributed by atoms with Gasteiger partial charge in [-0.3, -0.25) is 9.59 Å². The minimum absolute atomic E-state index is 0.448. The minimum atomic E-state index is -0.901. The van der Waals surface area contributed by atoms with Crippen LogP contribution in [0.1, 0.15) is 4.88 Å². The minimum Gasteiger partial charge on any atom is -0.272 e. The van der Waals surface area contributed by atoms with Crippen LogP contribution in [0.15, 0.2) is 26.1 Å². The van der Waals surface area contributed by atoms with Gasteiger partial charge in [-0.25, -0.2) is 10.9 Å². The zero-order valence-corrected chi connectivity index (χ0v) is 10.8. The molecule has 0 unspecified atom stereocenters. The maximum atomic E-state index is 11.5. The molecule has 0 aromatic carbocycles. The topological polar surface area (TPSA) is 82.9 Å². The van der Waals surface area contributed by atoms with E-state index >= 15 is 0 Å². The van der Waals surface area contributed by atoms with Gasteiger partial charge in [0.2, 0.25) is 0 Å². The molecule has 0 spiro atoms. The van der Waals surface area contributed by atoms with Gasteiger partial charge in [-0.15, -0.1) is 11.3 Å². The van der Waals surface area contributed by atoms with Crippen LogP contribution in [0.25, 0.3) is 0 Å². The zero-order chi connectivity index (χ0) is 12.3. The van der Waals surface area contributed by atoms with Gasteiger partial charge < -0.3 is 0 Å². The van der Waals surface area contributed by atoms with E-state index in [2.05, 4.69) is 37.0 Å². The standard InChI is InChI=1S/C9H7BrN4O2S/c10-7-2-1-5(17-7)3-11-13-8(15)6-4-12-14-9(6)16/h1-4,6H,(H,13,15)(H,14,16)/b11-3-/t6-/m0/s1. The van der Waals surface area contributed by atoms with Crippen molar-refractivity contribution in [3.63, 3.8) is 0 Å². The molecule has 0 aliphatic carbocycles. The van der Waals surface area contributed by atoms with Crippen molar-refractivity contribution >= 4 is 51.5 Å². The lowest BCUT2D eigenvalue weighted by atomic mass is 10.1. The molecule has 0 radical (unpaired) electrons. The Kier molecular flexibility index (Phi) is 3.64. The lowest BCUT2D eigenvalue weighted by Gasteiger charge is -2.01. The van der Waals surface area contributed by atoms with Crippen molar-refractivity contribution in [2.24, 2.45) is 16.1 Å². The van der Waals surface area contributed by atoms with Crippen LogP contribution in [0.3, 0.4) is 0 Å². The summed E-state index contributed by atoms with van der Waals surface area (Å²) in [7, 11) is 0. The van der Waals surface area contributed by atoms with Crippen LogP contribution < -0.4 is 10.9 Å². The number of nitrogens with zero attached hydrogens (tertiary/aromatic N) is 2. The average Bonchev–Trinajstić information content (AvgIpc) is 2.87. The molecule has 2 heterocycles. The molecular weight excluding hydrogens is 308 g/mol. The van der Waals surface area contributed by atoms with Crippen LogP contribution in [0.4, 0.5) is 0 Å². The molecule has 17 heavy (non-hydrogen) atoms. The van der Waals surface area contributed by atoms with Gasteiger partial charge in [0.1, 0.15) is 0 Å². The number of hydrogen-bond acceptors (Lipinski definition) is 5. The third-order valence-corrected chi connectivity index (χ3v) is 3.48. The predicted molar refractivity (Wildman–Crippen MR) is 67.9 cm³/mol. The zero-order valence-electron chi connectivity index (χ0n) is 8.38. The number of amides is 2. The second-order valence-corrected chi connectivity index (χ2v) is 5.60. The summed E-state index contributed by atoms with van der Waals surface area (Å²) in [4.78, 5) is 23.5. The van der Waals surface area contributed by atoms with Crippen LogP contribution in [0.2, 0.25) is 0 Å². The molecular formula is C9H7BrN4O2S. The molecule has 1 aliphatic rings. The first kappa shape index (κ1) is 11.9. The molecule has 1 aromatic rings. The molecule has 0 fully saturated rings. The first-order valence-corrected chi connectivity index (χ1v) is 6.19. The summed E-state index contributed by atoms with van der Waals surface area (Å²) in [5, 5.41) is 7.25. The van der Waals surface area contributed by atoms with Crippen molar-refractivity contribution in [3.8, 4) is 0 Å². The smallest absolute Gasteiger partial charge is 0.258 e. The Morgan fingerprint density at radius 3 is 3.06 bits per heavy atom. The van der Waals surface area contributed by atoms with Crippen molar-refractivity contribution in [2.45, 2.75) is 0 Å². The van der Waals surface area contributed by atoms with E-state index < -0.39 is 17.7 Å². The van der Waals surface area contributed by atoms with E-state index in [1.165, 1.54) is 23.8 Å². The van der Waals surface area contributed by atoms with Crippen molar-refractivity contribution in [1.82, 2.24) is 10.9 Å². The summed E-state index contributed by atoms with van der Waals surface area (Å²) in [5.74, 6) is -1.85. The number of rotatable bonds is 3. The number of thiophene rings is 1. The number of hydrazone groups is 2. The second-order valence-electron chi connectivity index (χ2n) is 3.11. The third-order valence-electron chi connectivity index (χ3n) is 1.92. The normalized spacial score (nSPS) is 18.6. The number of halogens is 1. The van der Waals surface area contributed by atoms with E-state index in [1.807, 2.05) is 12.1 Å². The highest BCUT2D eigenvalue weighted by Gasteiger charge is 2.28. The Balaban J connectivity index is 1.90. The molecule has 0 saturated carbocycles. The number of carbonyl (C=O) groups is 2. The van der Waals surface area contributed by atoms with E-state index in [9.17, 15) is 9.59 Å². The fourth-order valence-corrected chi connectivity index (χ4v) is 2.42. The van der Waals surface area contributed by atoms with E-state index in [-0.39, 0.29) is 0 Å². The van der Waals surface area contributed by atoms with Crippen molar-refractivity contribution in [3.05, 3.63) is 20.8 Å². The van der Waals surface area contributed by atoms with E-state index in [0.29, 0.717) is 0 Å². The Morgan fingerprint density at radius 1 is 1.65 bits per heavy atom. The summed E-state index contributed by atoms with van der Waals surface area (Å²) < 4.78 is 0.979. The van der Waals surface area contributed by atoms with E-state index in [0.717, 1.165) is 8.66 Å². The van der Waals surface area contributed by atoms with Crippen LogP contribution in [0.5, 0.6) is 0 Å². The van der Waals surface area contributed by atoms with Gasteiger partial charge >= 0.3 is 0 Å². The second kappa shape index (κ2) is 5.19. The van der Waals surface area contributed by atoms with Gasteiger partial charge in [-0.05, 0) is 28.1 Å². The van der Waals surface area contributed by atoms with Gasteiger partial charge in [0, 0.05) is 11.1 Å². The van der Waals surface area contributed by atoms with Gasteiger partial charge in [0.15, 0.2) is 5.92 Å². The highest BCUT2D eigenvalue weighted by atomic mass is 79.9. The molecule has 0 bridgehead atoms. The summed E-state index contributed by atoms with van der Waals surface area (Å²) in [6.45, 7) is 0. The molecule has 1 aliphatic heterocycles. The Labute approximate surface area is 109 Å². The predicted octanol–water partition coefficient (Wildman–Crippen LogP) is 0.693. The summed E-state index contributed by atoms with van der Waals surface area (Å²) in [6, 6.07) is 3.74. The van der Waals surface area contributed by atoms with Gasteiger partial charge in [-0.1, -0.05) is 0 Å². The van der Waals surface area contributed by atoms with Gasteiger partial charge in [0.05, 0.1) is 10.0 Å². The molecule has 1 atom stereocenters. The lowest BCUT2D eigenvalue weighted by molar-refractivity contribution is -0.131. The molecule has 88 valence electrons. The molecule has 2 rings (SSSR count). The van der Waals surface area contributed by atoms with Crippen LogP contribution in [0, 0.1) is 5.92 Å². The molecule has 6 nitrogen and oxygen atoms in total. The highest BCUT2D eigenvalue weighted by Crippen LogP contribution is 2.20.